The number of carbonyl (C=O) groups excluding carboxylic acids is 1. The second-order valence-corrected chi connectivity index (χ2v) is 7.99. The van der Waals surface area contributed by atoms with E-state index in [2.05, 4.69) is 0 Å². The van der Waals surface area contributed by atoms with Gasteiger partial charge in [-0.3, -0.25) is 9.69 Å². The van der Waals surface area contributed by atoms with Gasteiger partial charge in [0.15, 0.2) is 23.0 Å². The molecule has 10 nitrogen and oxygen atoms in total. The maximum Gasteiger partial charge on any atom is 0.340 e. The molecule has 1 N–H and O–H groups in total. The van der Waals surface area contributed by atoms with E-state index < -0.39 is 24.1 Å². The molecule has 2 aliphatic rings. The second-order valence-electron chi connectivity index (χ2n) is 7.99. The predicted molar refractivity (Wildman–Crippen MR) is 119 cm³/mol. The van der Waals surface area contributed by atoms with E-state index in [1.165, 1.54) is 28.3 Å². The Kier molecular flexibility index (Phi) is 6.43. The maximum atomic E-state index is 12.4. The van der Waals surface area contributed by atoms with Gasteiger partial charge in [-0.05, 0) is 31.2 Å². The van der Waals surface area contributed by atoms with Crippen LogP contribution in [-0.4, -0.2) is 63.7 Å². The van der Waals surface area contributed by atoms with Crippen molar-refractivity contribution in [2.45, 2.75) is 25.5 Å². The fourth-order valence-corrected chi connectivity index (χ4v) is 4.73. The van der Waals surface area contributed by atoms with Gasteiger partial charge in [-0.15, -0.1) is 0 Å². The van der Waals surface area contributed by atoms with Crippen LogP contribution < -0.4 is 23.7 Å². The zero-order chi connectivity index (χ0) is 24.6. The molecule has 0 bridgehead atoms. The van der Waals surface area contributed by atoms with Crippen molar-refractivity contribution in [2.24, 2.45) is 0 Å². The van der Waals surface area contributed by atoms with Gasteiger partial charge in [-0.2, -0.15) is 0 Å². The summed E-state index contributed by atoms with van der Waals surface area (Å²) in [6, 6.07) is 4.50. The van der Waals surface area contributed by atoms with E-state index in [4.69, 9.17) is 28.4 Å². The SMILES string of the molecule is COc1ccc([C@H](OC(C)=O)[C@H]2c3c(cc4c(c3OC)OCO4)CCN2C)c(C(=O)O)c1OC. The fraction of sp³-hybridized carbons (Fsp3) is 0.417. The van der Waals surface area contributed by atoms with Crippen LogP contribution in [0.25, 0.3) is 0 Å². The van der Waals surface area contributed by atoms with Crippen molar-refractivity contribution in [3.63, 3.8) is 0 Å². The highest BCUT2D eigenvalue weighted by Crippen LogP contribution is 2.53. The van der Waals surface area contributed by atoms with Gasteiger partial charge in [0.1, 0.15) is 11.7 Å². The van der Waals surface area contributed by atoms with Gasteiger partial charge in [0.2, 0.25) is 12.5 Å². The third kappa shape index (κ3) is 3.83. The summed E-state index contributed by atoms with van der Waals surface area (Å²) in [7, 11) is 6.20. The number of ether oxygens (including phenoxy) is 6. The summed E-state index contributed by atoms with van der Waals surface area (Å²) in [5.41, 5.74) is 1.81. The second kappa shape index (κ2) is 9.30. The van der Waals surface area contributed by atoms with Crippen molar-refractivity contribution >= 4 is 11.9 Å². The van der Waals surface area contributed by atoms with Crippen LogP contribution in [-0.2, 0) is 16.0 Å². The molecule has 10 heteroatoms. The maximum absolute atomic E-state index is 12.4. The molecule has 0 amide bonds. The lowest BCUT2D eigenvalue weighted by Crippen LogP contribution is -2.38. The number of carbonyl (C=O) groups is 2. The number of methoxy groups -OCH3 is 3. The zero-order valence-corrected chi connectivity index (χ0v) is 19.7. The van der Waals surface area contributed by atoms with Gasteiger partial charge < -0.3 is 33.5 Å². The first-order chi connectivity index (χ1) is 16.3. The van der Waals surface area contributed by atoms with Crippen LogP contribution >= 0.6 is 0 Å². The zero-order valence-electron chi connectivity index (χ0n) is 19.7. The number of benzene rings is 2. The van der Waals surface area contributed by atoms with Crippen molar-refractivity contribution in [3.05, 3.63) is 40.5 Å². The number of rotatable bonds is 7. The van der Waals surface area contributed by atoms with Crippen LogP contribution in [0.3, 0.4) is 0 Å². The number of likely N-dealkylation sites (N-methyl/N-ethyl adjacent to an activating group) is 1. The third-order valence-corrected chi connectivity index (χ3v) is 6.13. The van der Waals surface area contributed by atoms with Gasteiger partial charge >= 0.3 is 11.9 Å². The van der Waals surface area contributed by atoms with Gasteiger partial charge in [0.25, 0.3) is 0 Å². The van der Waals surface area contributed by atoms with Gasteiger partial charge in [-0.1, -0.05) is 6.07 Å². The normalized spacial score (nSPS) is 17.5. The monoisotopic (exact) mass is 473 g/mol. The van der Waals surface area contributed by atoms with Gasteiger partial charge in [0, 0.05) is 24.6 Å². The molecule has 34 heavy (non-hydrogen) atoms. The molecule has 0 saturated carbocycles. The smallest absolute Gasteiger partial charge is 0.340 e. The van der Waals surface area contributed by atoms with Crippen molar-refractivity contribution in [3.8, 4) is 28.7 Å². The summed E-state index contributed by atoms with van der Waals surface area (Å²) in [5.74, 6) is 0.0189. The topological polar surface area (TPSA) is 113 Å². The van der Waals surface area contributed by atoms with E-state index in [-0.39, 0.29) is 29.4 Å². The number of esters is 1. The first-order valence-electron chi connectivity index (χ1n) is 10.7. The van der Waals surface area contributed by atoms with Crippen LogP contribution in [0.15, 0.2) is 18.2 Å². The highest BCUT2D eigenvalue weighted by molar-refractivity contribution is 5.94. The van der Waals surface area contributed by atoms with E-state index in [9.17, 15) is 14.7 Å². The molecule has 2 aliphatic heterocycles. The molecular formula is C24H27NO9. The average Bonchev–Trinajstić information content (AvgIpc) is 3.28. The lowest BCUT2D eigenvalue weighted by Gasteiger charge is -2.40. The van der Waals surface area contributed by atoms with Crippen LogP contribution in [0.2, 0.25) is 0 Å². The molecule has 0 radical (unpaired) electrons. The summed E-state index contributed by atoms with van der Waals surface area (Å²) < 4.78 is 33.5. The molecule has 2 aromatic rings. The van der Waals surface area contributed by atoms with Crippen molar-refractivity contribution in [2.75, 3.05) is 41.7 Å². The molecule has 2 aromatic carbocycles. The van der Waals surface area contributed by atoms with Crippen LogP contribution in [0, 0.1) is 0 Å². The highest BCUT2D eigenvalue weighted by atomic mass is 16.7. The minimum atomic E-state index is -1.24. The Hall–Kier alpha value is -3.66. The molecule has 0 spiro atoms. The first-order valence-corrected chi connectivity index (χ1v) is 10.7. The number of carboxylic acids is 1. The first kappa shape index (κ1) is 23.5. The van der Waals surface area contributed by atoms with Crippen LogP contribution in [0.1, 0.15) is 46.1 Å². The Balaban J connectivity index is 1.98. The Labute approximate surface area is 196 Å². The molecule has 4 rings (SSSR count). The number of hydrogen-bond acceptors (Lipinski definition) is 9. The summed E-state index contributed by atoms with van der Waals surface area (Å²) in [5, 5.41) is 10.1. The fourth-order valence-electron chi connectivity index (χ4n) is 4.73. The number of fused-ring (bicyclic) bond motifs is 2. The lowest BCUT2D eigenvalue weighted by molar-refractivity contribution is -0.150. The number of carboxylic acid groups (broad SMARTS) is 1. The average molecular weight is 473 g/mol. The molecule has 0 fully saturated rings. The number of hydrogen-bond donors (Lipinski definition) is 1. The van der Waals surface area contributed by atoms with Crippen molar-refractivity contribution in [1.29, 1.82) is 0 Å². The van der Waals surface area contributed by atoms with E-state index in [0.717, 1.165) is 11.1 Å². The molecule has 182 valence electrons. The number of aromatic carboxylic acids is 1. The standard InChI is InChI=1S/C24H27NO9/c1-12(26)34-20(14-6-7-15(29-3)21(30-4)18(14)24(27)28)19-17-13(8-9-25(19)2)10-16-22(23(17)31-5)33-11-32-16/h6-7,10,19-20H,8-9,11H2,1-5H3,(H,27,28)/t19-,20+/m1/s1. The largest absolute Gasteiger partial charge is 0.493 e. The minimum Gasteiger partial charge on any atom is -0.493 e. The van der Waals surface area contributed by atoms with E-state index >= 15 is 0 Å². The Bertz CT molecular complexity index is 1130. The van der Waals surface area contributed by atoms with E-state index in [1.54, 1.807) is 12.1 Å². The molecule has 0 aromatic heterocycles. The quantitative estimate of drug-likeness (QED) is 0.602. The Morgan fingerprint density at radius 3 is 2.47 bits per heavy atom. The van der Waals surface area contributed by atoms with Crippen molar-refractivity contribution in [1.82, 2.24) is 4.90 Å². The lowest BCUT2D eigenvalue weighted by atomic mass is 9.84. The number of nitrogens with zero attached hydrogens (tertiary/aromatic N) is 1. The molecule has 2 atom stereocenters. The van der Waals surface area contributed by atoms with E-state index in [0.29, 0.717) is 30.2 Å². The van der Waals surface area contributed by atoms with E-state index in [1.807, 2.05) is 18.0 Å². The third-order valence-electron chi connectivity index (χ3n) is 6.13. The summed E-state index contributed by atoms with van der Waals surface area (Å²) >= 11 is 0. The Morgan fingerprint density at radius 1 is 1.12 bits per heavy atom. The Morgan fingerprint density at radius 2 is 1.85 bits per heavy atom. The molecular weight excluding hydrogens is 446 g/mol. The van der Waals surface area contributed by atoms with Gasteiger partial charge in [-0.25, -0.2) is 4.79 Å². The summed E-state index contributed by atoms with van der Waals surface area (Å²) in [6.45, 7) is 1.99. The highest BCUT2D eigenvalue weighted by Gasteiger charge is 2.42. The molecule has 2 heterocycles. The summed E-state index contributed by atoms with van der Waals surface area (Å²) in [6.07, 6.45) is -0.304. The van der Waals surface area contributed by atoms with Gasteiger partial charge in [0.05, 0.1) is 27.4 Å². The predicted octanol–water partition coefficient (Wildman–Crippen LogP) is 2.97. The minimum absolute atomic E-state index is 0.0426. The van der Waals surface area contributed by atoms with Crippen LogP contribution in [0.5, 0.6) is 28.7 Å². The molecule has 0 unspecified atom stereocenters. The molecule has 0 aliphatic carbocycles. The molecule has 0 saturated heterocycles. The van der Waals surface area contributed by atoms with Crippen LogP contribution in [0.4, 0.5) is 0 Å². The van der Waals surface area contributed by atoms with Crippen molar-refractivity contribution < 1.29 is 43.1 Å². The summed E-state index contributed by atoms with van der Waals surface area (Å²) in [4.78, 5) is 26.7.